The monoisotopic (exact) mass is 383 g/mol. The fourth-order valence-electron chi connectivity index (χ4n) is 3.32. The van der Waals surface area contributed by atoms with Crippen molar-refractivity contribution in [1.29, 1.82) is 0 Å². The molecular weight excluding hydrogens is 358 g/mol. The average molecular weight is 384 g/mol. The van der Waals surface area contributed by atoms with E-state index in [1.54, 1.807) is 0 Å². The summed E-state index contributed by atoms with van der Waals surface area (Å²) in [4.78, 5) is 0. The highest BCUT2D eigenvalue weighted by Crippen LogP contribution is 2.28. The van der Waals surface area contributed by atoms with Gasteiger partial charge in [0.2, 0.25) is 0 Å². The number of rotatable bonds is 9. The zero-order valence-electron chi connectivity index (χ0n) is 15.7. The first-order valence-corrected chi connectivity index (χ1v) is 9.80. The van der Waals surface area contributed by atoms with Gasteiger partial charge in [-0.05, 0) is 24.1 Å². The summed E-state index contributed by atoms with van der Waals surface area (Å²) in [5.41, 5.74) is 5.88. The van der Waals surface area contributed by atoms with Crippen molar-refractivity contribution in [2.75, 3.05) is 19.7 Å². The van der Waals surface area contributed by atoms with Gasteiger partial charge in [-0.1, -0.05) is 61.0 Å². The van der Waals surface area contributed by atoms with Crippen LogP contribution in [0, 0.1) is 0 Å². The summed E-state index contributed by atoms with van der Waals surface area (Å²) in [5.74, 6) is 0. The molecule has 5 heteroatoms. The summed E-state index contributed by atoms with van der Waals surface area (Å²) in [7, 11) is 0. The third-order valence-corrected chi connectivity index (χ3v) is 4.89. The molecule has 0 fully saturated rings. The Balaban J connectivity index is 1.96. The molecule has 0 atom stereocenters. The molecule has 0 radical (unpaired) electrons. The first-order chi connectivity index (χ1) is 13.2. The van der Waals surface area contributed by atoms with Crippen LogP contribution in [-0.2, 0) is 19.4 Å². The Hall–Kier alpha value is -2.14. The van der Waals surface area contributed by atoms with Crippen molar-refractivity contribution in [3.8, 4) is 11.3 Å². The number of hydrogen-bond donors (Lipinski definition) is 2. The molecule has 0 saturated carbocycles. The van der Waals surface area contributed by atoms with Crippen LogP contribution in [0.2, 0.25) is 5.02 Å². The second-order valence-electron chi connectivity index (χ2n) is 6.50. The normalized spacial score (nSPS) is 11.1. The zero-order valence-corrected chi connectivity index (χ0v) is 16.4. The van der Waals surface area contributed by atoms with Crippen molar-refractivity contribution in [3.63, 3.8) is 0 Å². The molecule has 142 valence electrons. The number of nitrogens with one attached hydrogen (secondary N) is 1. The van der Waals surface area contributed by atoms with Crippen LogP contribution in [-0.4, -0.2) is 34.6 Å². The maximum Gasteiger partial charge on any atom is 0.0958 e. The van der Waals surface area contributed by atoms with Crippen LogP contribution in [0.3, 0.4) is 0 Å². The minimum atomic E-state index is 0.153. The lowest BCUT2D eigenvalue weighted by atomic mass is 10.0. The van der Waals surface area contributed by atoms with Crippen molar-refractivity contribution in [1.82, 2.24) is 15.1 Å². The number of benzene rings is 2. The largest absolute Gasteiger partial charge is 0.395 e. The van der Waals surface area contributed by atoms with Crippen LogP contribution >= 0.6 is 11.6 Å². The number of halogens is 1. The molecule has 0 bridgehead atoms. The van der Waals surface area contributed by atoms with Crippen molar-refractivity contribution >= 4 is 11.6 Å². The highest BCUT2D eigenvalue weighted by atomic mass is 35.5. The lowest BCUT2D eigenvalue weighted by molar-refractivity contribution is 0.292. The molecule has 3 rings (SSSR count). The quantitative estimate of drug-likeness (QED) is 0.550. The smallest absolute Gasteiger partial charge is 0.0958 e. The van der Waals surface area contributed by atoms with E-state index in [4.69, 9.17) is 21.8 Å². The molecule has 2 N–H and O–H groups in total. The van der Waals surface area contributed by atoms with Crippen molar-refractivity contribution in [3.05, 3.63) is 76.4 Å². The Labute approximate surface area is 165 Å². The Morgan fingerprint density at radius 3 is 2.44 bits per heavy atom. The topological polar surface area (TPSA) is 50.1 Å². The van der Waals surface area contributed by atoms with Crippen molar-refractivity contribution in [2.24, 2.45) is 0 Å². The van der Waals surface area contributed by atoms with Gasteiger partial charge in [0.05, 0.1) is 18.8 Å². The SMILES string of the molecule is CCc1c(-c2ccc(Cl)cc2)nn(Cc2ccccc2)c1CCNCCO. The maximum absolute atomic E-state index is 9.00. The first kappa shape index (κ1) is 19.6. The van der Waals surface area contributed by atoms with Crippen molar-refractivity contribution in [2.45, 2.75) is 26.3 Å². The Morgan fingerprint density at radius 2 is 1.78 bits per heavy atom. The van der Waals surface area contributed by atoms with Gasteiger partial charge in [0.15, 0.2) is 0 Å². The van der Waals surface area contributed by atoms with Crippen LogP contribution in [0.15, 0.2) is 54.6 Å². The van der Waals surface area contributed by atoms with Gasteiger partial charge in [-0.2, -0.15) is 5.10 Å². The van der Waals surface area contributed by atoms with E-state index in [9.17, 15) is 0 Å². The van der Waals surface area contributed by atoms with Gasteiger partial charge in [0.1, 0.15) is 0 Å². The van der Waals surface area contributed by atoms with Gasteiger partial charge >= 0.3 is 0 Å². The second kappa shape index (κ2) is 9.70. The fourth-order valence-corrected chi connectivity index (χ4v) is 3.45. The number of nitrogens with zero attached hydrogens (tertiary/aromatic N) is 2. The number of aliphatic hydroxyl groups excluding tert-OH is 1. The predicted molar refractivity (Wildman–Crippen MR) is 111 cm³/mol. The molecule has 0 aliphatic heterocycles. The Bertz CT molecular complexity index is 844. The van der Waals surface area contributed by atoms with E-state index in [1.807, 2.05) is 30.3 Å². The third kappa shape index (κ3) is 4.98. The van der Waals surface area contributed by atoms with Gasteiger partial charge in [-0.25, -0.2) is 0 Å². The van der Waals surface area contributed by atoms with Crippen LogP contribution in [0.25, 0.3) is 11.3 Å². The van der Waals surface area contributed by atoms with Gasteiger partial charge < -0.3 is 10.4 Å². The molecular formula is C22H26ClN3O. The van der Waals surface area contributed by atoms with Gasteiger partial charge in [0.25, 0.3) is 0 Å². The summed E-state index contributed by atoms with van der Waals surface area (Å²) in [6.45, 7) is 4.50. The molecule has 0 aliphatic carbocycles. The summed E-state index contributed by atoms with van der Waals surface area (Å²) >= 11 is 6.06. The highest BCUT2D eigenvalue weighted by Gasteiger charge is 2.18. The molecule has 27 heavy (non-hydrogen) atoms. The summed E-state index contributed by atoms with van der Waals surface area (Å²) in [6, 6.07) is 18.3. The maximum atomic E-state index is 9.00. The molecule has 4 nitrogen and oxygen atoms in total. The molecule has 0 aliphatic rings. The van der Waals surface area contributed by atoms with Gasteiger partial charge in [0, 0.05) is 41.4 Å². The number of hydrogen-bond acceptors (Lipinski definition) is 3. The molecule has 0 unspecified atom stereocenters. The minimum absolute atomic E-state index is 0.153. The van der Waals surface area contributed by atoms with Crippen LogP contribution in [0.1, 0.15) is 23.7 Å². The lowest BCUT2D eigenvalue weighted by Gasteiger charge is -2.10. The molecule has 0 spiro atoms. The zero-order chi connectivity index (χ0) is 19.1. The van der Waals surface area contributed by atoms with E-state index >= 15 is 0 Å². The Morgan fingerprint density at radius 1 is 1.04 bits per heavy atom. The molecule has 0 amide bonds. The predicted octanol–water partition coefficient (Wildman–Crippen LogP) is 3.94. The summed E-state index contributed by atoms with van der Waals surface area (Å²) < 4.78 is 2.12. The molecule has 3 aromatic rings. The molecule has 2 aromatic carbocycles. The van der Waals surface area contributed by atoms with E-state index in [0.717, 1.165) is 42.2 Å². The van der Waals surface area contributed by atoms with Crippen LogP contribution in [0.5, 0.6) is 0 Å². The van der Waals surface area contributed by atoms with E-state index < -0.39 is 0 Å². The van der Waals surface area contributed by atoms with E-state index in [1.165, 1.54) is 16.8 Å². The van der Waals surface area contributed by atoms with Crippen LogP contribution < -0.4 is 5.32 Å². The number of aliphatic hydroxyl groups is 1. The highest BCUT2D eigenvalue weighted by molar-refractivity contribution is 6.30. The lowest BCUT2D eigenvalue weighted by Crippen LogP contribution is -2.22. The van der Waals surface area contributed by atoms with E-state index in [-0.39, 0.29) is 6.61 Å². The van der Waals surface area contributed by atoms with Gasteiger partial charge in [-0.15, -0.1) is 0 Å². The van der Waals surface area contributed by atoms with Gasteiger partial charge in [-0.3, -0.25) is 4.68 Å². The standard InChI is InChI=1S/C22H26ClN3O/c1-2-20-21(12-13-24-14-15-27)26(16-17-6-4-3-5-7-17)25-22(20)18-8-10-19(23)11-9-18/h3-11,24,27H,2,12-16H2,1H3. The summed E-state index contributed by atoms with van der Waals surface area (Å²) in [5, 5.41) is 18.0. The first-order valence-electron chi connectivity index (χ1n) is 9.43. The van der Waals surface area contributed by atoms with E-state index in [0.29, 0.717) is 6.54 Å². The van der Waals surface area contributed by atoms with E-state index in [2.05, 4.69) is 41.2 Å². The third-order valence-electron chi connectivity index (χ3n) is 4.64. The fraction of sp³-hybridized carbons (Fsp3) is 0.318. The average Bonchev–Trinajstić information content (AvgIpc) is 3.04. The summed E-state index contributed by atoms with van der Waals surface area (Å²) in [6.07, 6.45) is 1.79. The minimum Gasteiger partial charge on any atom is -0.395 e. The second-order valence-corrected chi connectivity index (χ2v) is 6.94. The number of aromatic nitrogens is 2. The molecule has 1 aromatic heterocycles. The van der Waals surface area contributed by atoms with Crippen LogP contribution in [0.4, 0.5) is 0 Å². The molecule has 1 heterocycles. The molecule has 0 saturated heterocycles. The Kier molecular flexibility index (Phi) is 7.04. The van der Waals surface area contributed by atoms with Crippen molar-refractivity contribution < 1.29 is 5.11 Å².